The monoisotopic (exact) mass is 408 g/mol. The Hall–Kier alpha value is -2.73. The molecule has 1 aliphatic heterocycles. The Labute approximate surface area is 179 Å². The summed E-state index contributed by atoms with van der Waals surface area (Å²) in [4.78, 5) is 31.5. The number of hydrogen-bond donors (Lipinski definition) is 2. The molecule has 1 aliphatic rings. The first-order valence-electron chi connectivity index (χ1n) is 10.8. The fourth-order valence-corrected chi connectivity index (χ4v) is 3.86. The van der Waals surface area contributed by atoms with Gasteiger partial charge in [0.1, 0.15) is 0 Å². The number of aryl methyl sites for hydroxylation is 1. The van der Waals surface area contributed by atoms with Crippen molar-refractivity contribution in [3.05, 3.63) is 65.5 Å². The van der Waals surface area contributed by atoms with Crippen LogP contribution in [-0.4, -0.2) is 41.3 Å². The molecule has 0 bridgehead atoms. The lowest BCUT2D eigenvalue weighted by atomic mass is 9.97. The molecule has 160 valence electrons. The average Bonchev–Trinajstić information content (AvgIpc) is 2.79. The van der Waals surface area contributed by atoms with Gasteiger partial charge in [0.15, 0.2) is 0 Å². The highest BCUT2D eigenvalue weighted by Crippen LogP contribution is 2.15. The summed E-state index contributed by atoms with van der Waals surface area (Å²) in [7, 11) is 0. The average molecular weight is 409 g/mol. The first kappa shape index (κ1) is 22.0. The molecule has 1 fully saturated rings. The maximum Gasteiger partial charge on any atom is 0.223 e. The second kappa shape index (κ2) is 11.5. The Balaban J connectivity index is 1.57. The van der Waals surface area contributed by atoms with Crippen LogP contribution >= 0.6 is 0 Å². The van der Waals surface area contributed by atoms with Crippen LogP contribution in [0.1, 0.15) is 42.4 Å². The lowest BCUT2D eigenvalue weighted by Gasteiger charge is -2.22. The van der Waals surface area contributed by atoms with E-state index in [1.165, 1.54) is 5.56 Å². The molecule has 30 heavy (non-hydrogen) atoms. The van der Waals surface area contributed by atoms with Crippen LogP contribution in [0.25, 0.3) is 0 Å². The zero-order chi connectivity index (χ0) is 21.2. The fraction of sp³-hybridized carbons (Fsp3) is 0.458. The summed E-state index contributed by atoms with van der Waals surface area (Å²) in [5, 5.41) is 6.07. The number of rotatable bonds is 5. The van der Waals surface area contributed by atoms with Crippen LogP contribution in [0.2, 0.25) is 0 Å². The van der Waals surface area contributed by atoms with E-state index in [0.29, 0.717) is 32.5 Å². The largest absolute Gasteiger partial charge is 0.356 e. The van der Waals surface area contributed by atoms with Crippen molar-refractivity contribution in [2.75, 3.05) is 19.6 Å². The molecule has 1 aromatic heterocycles. The molecule has 6 heteroatoms. The Bertz CT molecular complexity index is 825. The van der Waals surface area contributed by atoms with E-state index in [-0.39, 0.29) is 17.7 Å². The normalized spacial score (nSPS) is 18.8. The van der Waals surface area contributed by atoms with E-state index in [1.807, 2.05) is 30.5 Å². The van der Waals surface area contributed by atoms with Gasteiger partial charge in [-0.3, -0.25) is 19.5 Å². The van der Waals surface area contributed by atoms with Crippen LogP contribution in [0.4, 0.5) is 0 Å². The molecular weight excluding hydrogens is 376 g/mol. The number of carbonyl (C=O) groups excluding carboxylic acids is 2. The van der Waals surface area contributed by atoms with Crippen molar-refractivity contribution in [2.24, 2.45) is 5.92 Å². The second-order valence-electron chi connectivity index (χ2n) is 8.01. The molecule has 3 rings (SSSR count). The van der Waals surface area contributed by atoms with E-state index in [0.717, 1.165) is 37.1 Å². The van der Waals surface area contributed by atoms with E-state index < -0.39 is 0 Å². The molecular formula is C24H32N4O2. The molecule has 0 saturated carbocycles. The third-order valence-corrected chi connectivity index (χ3v) is 5.71. The molecule has 1 aromatic carbocycles. The molecule has 0 radical (unpaired) electrons. The number of nitrogens with zero attached hydrogens (tertiary/aromatic N) is 2. The molecule has 6 nitrogen and oxygen atoms in total. The quantitative estimate of drug-likeness (QED) is 0.798. The number of hydrogen-bond acceptors (Lipinski definition) is 4. The van der Waals surface area contributed by atoms with Crippen molar-refractivity contribution in [1.29, 1.82) is 0 Å². The first-order valence-corrected chi connectivity index (χ1v) is 10.8. The first-order chi connectivity index (χ1) is 14.6. The van der Waals surface area contributed by atoms with Crippen molar-refractivity contribution in [1.82, 2.24) is 20.5 Å². The van der Waals surface area contributed by atoms with E-state index in [2.05, 4.69) is 39.6 Å². The minimum atomic E-state index is -0.0901. The number of benzene rings is 1. The third-order valence-electron chi connectivity index (χ3n) is 5.71. The van der Waals surface area contributed by atoms with Crippen LogP contribution in [0.3, 0.4) is 0 Å². The van der Waals surface area contributed by atoms with E-state index in [1.54, 1.807) is 6.20 Å². The van der Waals surface area contributed by atoms with Gasteiger partial charge in [0.2, 0.25) is 11.8 Å². The lowest BCUT2D eigenvalue weighted by Crippen LogP contribution is -2.33. The van der Waals surface area contributed by atoms with Crippen LogP contribution in [0.5, 0.6) is 0 Å². The minimum absolute atomic E-state index is 0.0483. The predicted octanol–water partition coefficient (Wildman–Crippen LogP) is 2.81. The van der Waals surface area contributed by atoms with Crippen molar-refractivity contribution in [2.45, 2.75) is 45.7 Å². The van der Waals surface area contributed by atoms with Gasteiger partial charge in [-0.2, -0.15) is 0 Å². The van der Waals surface area contributed by atoms with Gasteiger partial charge in [0.25, 0.3) is 0 Å². The highest BCUT2D eigenvalue weighted by molar-refractivity contribution is 5.79. The number of pyridine rings is 1. The lowest BCUT2D eigenvalue weighted by molar-refractivity contribution is -0.126. The number of carbonyl (C=O) groups is 2. The molecule has 0 spiro atoms. The molecule has 2 aromatic rings. The fourth-order valence-electron chi connectivity index (χ4n) is 3.86. The van der Waals surface area contributed by atoms with Crippen molar-refractivity contribution in [3.8, 4) is 0 Å². The molecule has 1 saturated heterocycles. The maximum atomic E-state index is 12.8. The Kier molecular flexibility index (Phi) is 8.39. The highest BCUT2D eigenvalue weighted by atomic mass is 16.2. The number of nitrogens with one attached hydrogen (secondary N) is 2. The van der Waals surface area contributed by atoms with E-state index >= 15 is 0 Å². The van der Waals surface area contributed by atoms with E-state index in [4.69, 9.17) is 0 Å². The Morgan fingerprint density at radius 2 is 2.07 bits per heavy atom. The van der Waals surface area contributed by atoms with Crippen molar-refractivity contribution in [3.63, 3.8) is 0 Å². The van der Waals surface area contributed by atoms with Gasteiger partial charge in [0.05, 0.1) is 0 Å². The smallest absolute Gasteiger partial charge is 0.223 e. The van der Waals surface area contributed by atoms with Gasteiger partial charge in [-0.05, 0) is 55.5 Å². The SMILES string of the molecule is Cc1ccccc1CNC(=O)C1CCCN(Cc2cccnc2)CCC(=O)NCC1. The van der Waals surface area contributed by atoms with Gasteiger partial charge in [-0.25, -0.2) is 0 Å². The van der Waals surface area contributed by atoms with Crippen molar-refractivity contribution < 1.29 is 9.59 Å². The molecule has 1 unspecified atom stereocenters. The summed E-state index contributed by atoms with van der Waals surface area (Å²) in [6.07, 6.45) is 6.53. The molecule has 2 amide bonds. The van der Waals surface area contributed by atoms with Crippen molar-refractivity contribution >= 4 is 11.8 Å². The summed E-state index contributed by atoms with van der Waals surface area (Å²) in [6.45, 7) is 5.49. The van der Waals surface area contributed by atoms with Crippen LogP contribution in [0, 0.1) is 12.8 Å². The third kappa shape index (κ3) is 6.95. The molecule has 2 N–H and O–H groups in total. The summed E-state index contributed by atoms with van der Waals surface area (Å²) in [6, 6.07) is 12.1. The maximum absolute atomic E-state index is 12.8. The standard InChI is InChI=1S/C24H32N4O2/c1-19-6-2-3-8-22(19)17-27-24(30)21-9-5-14-28(15-11-23(29)26-13-10-21)18-20-7-4-12-25-16-20/h2-4,6-8,12,16,21H,5,9-11,13-15,17-18H2,1H3,(H,26,29)(H,27,30). The molecule has 1 atom stereocenters. The summed E-state index contributed by atoms with van der Waals surface area (Å²) in [5.41, 5.74) is 3.46. The minimum Gasteiger partial charge on any atom is -0.356 e. The summed E-state index contributed by atoms with van der Waals surface area (Å²) in [5.74, 6) is 0.0328. The number of aromatic nitrogens is 1. The Morgan fingerprint density at radius 1 is 1.20 bits per heavy atom. The molecule has 0 aliphatic carbocycles. The van der Waals surface area contributed by atoms with Crippen LogP contribution in [-0.2, 0) is 22.7 Å². The predicted molar refractivity (Wildman–Crippen MR) is 118 cm³/mol. The summed E-state index contributed by atoms with van der Waals surface area (Å²) < 4.78 is 0. The zero-order valence-corrected chi connectivity index (χ0v) is 17.8. The van der Waals surface area contributed by atoms with Gasteiger partial charge in [-0.1, -0.05) is 30.3 Å². The van der Waals surface area contributed by atoms with Crippen LogP contribution < -0.4 is 10.6 Å². The van der Waals surface area contributed by atoms with Gasteiger partial charge < -0.3 is 10.6 Å². The van der Waals surface area contributed by atoms with E-state index in [9.17, 15) is 9.59 Å². The number of amides is 2. The Morgan fingerprint density at radius 3 is 2.87 bits per heavy atom. The summed E-state index contributed by atoms with van der Waals surface area (Å²) >= 11 is 0. The highest BCUT2D eigenvalue weighted by Gasteiger charge is 2.20. The van der Waals surface area contributed by atoms with Crippen LogP contribution in [0.15, 0.2) is 48.8 Å². The molecule has 2 heterocycles. The van der Waals surface area contributed by atoms with Gasteiger partial charge >= 0.3 is 0 Å². The topological polar surface area (TPSA) is 74.3 Å². The van der Waals surface area contributed by atoms with Gasteiger partial charge in [-0.15, -0.1) is 0 Å². The van der Waals surface area contributed by atoms with Gasteiger partial charge in [0, 0.05) is 50.9 Å². The zero-order valence-electron chi connectivity index (χ0n) is 17.8. The second-order valence-corrected chi connectivity index (χ2v) is 8.01.